The van der Waals surface area contributed by atoms with Gasteiger partial charge in [0.1, 0.15) is 0 Å². The van der Waals surface area contributed by atoms with Gasteiger partial charge in [0.05, 0.1) is 11.7 Å². The molecule has 114 valence electrons. The van der Waals surface area contributed by atoms with Crippen LogP contribution in [-0.4, -0.2) is 48.8 Å². The first-order chi connectivity index (χ1) is 8.78. The number of nitrogens with zero attached hydrogens (tertiary/aromatic N) is 1. The molecule has 0 aliphatic carbocycles. The van der Waals surface area contributed by atoms with Crippen molar-refractivity contribution in [1.82, 2.24) is 10.2 Å². The van der Waals surface area contributed by atoms with Crippen molar-refractivity contribution < 1.29 is 4.74 Å². The Kier molecular flexibility index (Phi) is 6.78. The van der Waals surface area contributed by atoms with Gasteiger partial charge < -0.3 is 10.1 Å². The zero-order valence-corrected chi connectivity index (χ0v) is 13.8. The highest BCUT2D eigenvalue weighted by Gasteiger charge is 2.30. The Balaban J connectivity index is 2.18. The molecular weight excluding hydrogens is 236 g/mol. The van der Waals surface area contributed by atoms with E-state index in [0.29, 0.717) is 12.1 Å². The van der Waals surface area contributed by atoms with Crippen molar-refractivity contribution in [3.8, 4) is 0 Å². The Hall–Kier alpha value is -0.120. The van der Waals surface area contributed by atoms with Gasteiger partial charge in [-0.3, -0.25) is 4.90 Å². The van der Waals surface area contributed by atoms with Crippen LogP contribution in [0.2, 0.25) is 0 Å². The lowest BCUT2D eigenvalue weighted by Gasteiger charge is -2.41. The molecule has 0 radical (unpaired) electrons. The zero-order valence-electron chi connectivity index (χ0n) is 13.8. The zero-order chi connectivity index (χ0) is 14.5. The van der Waals surface area contributed by atoms with E-state index in [1.54, 1.807) is 0 Å². The smallest absolute Gasteiger partial charge is 0.0757 e. The van der Waals surface area contributed by atoms with Crippen molar-refractivity contribution in [1.29, 1.82) is 0 Å². The molecule has 19 heavy (non-hydrogen) atoms. The first-order valence-corrected chi connectivity index (χ1v) is 7.92. The first-order valence-electron chi connectivity index (χ1n) is 7.92. The Morgan fingerprint density at radius 3 is 2.53 bits per heavy atom. The van der Waals surface area contributed by atoms with Gasteiger partial charge in [-0.1, -0.05) is 13.8 Å². The highest BCUT2D eigenvalue weighted by atomic mass is 16.5. The number of rotatable bonds is 7. The van der Waals surface area contributed by atoms with Crippen LogP contribution < -0.4 is 5.32 Å². The van der Waals surface area contributed by atoms with Crippen LogP contribution >= 0.6 is 0 Å². The van der Waals surface area contributed by atoms with E-state index in [9.17, 15) is 0 Å². The molecule has 2 unspecified atom stereocenters. The minimum Gasteiger partial charge on any atom is -0.370 e. The molecule has 0 bridgehead atoms. The van der Waals surface area contributed by atoms with E-state index in [0.717, 1.165) is 32.1 Å². The fraction of sp³-hybridized carbons (Fsp3) is 1.00. The molecule has 0 aromatic rings. The highest BCUT2D eigenvalue weighted by Crippen LogP contribution is 2.20. The second kappa shape index (κ2) is 7.61. The van der Waals surface area contributed by atoms with Crippen LogP contribution in [-0.2, 0) is 4.74 Å². The van der Waals surface area contributed by atoms with Gasteiger partial charge in [-0.05, 0) is 46.5 Å². The summed E-state index contributed by atoms with van der Waals surface area (Å²) in [6.45, 7) is 17.8. The van der Waals surface area contributed by atoms with E-state index in [4.69, 9.17) is 4.74 Å². The van der Waals surface area contributed by atoms with Crippen molar-refractivity contribution in [3.63, 3.8) is 0 Å². The van der Waals surface area contributed by atoms with Crippen molar-refractivity contribution >= 4 is 0 Å². The molecule has 1 rings (SSSR count). The van der Waals surface area contributed by atoms with E-state index < -0.39 is 0 Å². The summed E-state index contributed by atoms with van der Waals surface area (Å²) >= 11 is 0. The van der Waals surface area contributed by atoms with Crippen LogP contribution in [0.5, 0.6) is 0 Å². The van der Waals surface area contributed by atoms with Gasteiger partial charge in [0.2, 0.25) is 0 Å². The van der Waals surface area contributed by atoms with Gasteiger partial charge in [0.15, 0.2) is 0 Å². The topological polar surface area (TPSA) is 24.5 Å². The van der Waals surface area contributed by atoms with Crippen LogP contribution in [0.3, 0.4) is 0 Å². The number of hydrogen-bond donors (Lipinski definition) is 1. The third kappa shape index (κ3) is 7.28. The van der Waals surface area contributed by atoms with Gasteiger partial charge in [-0.2, -0.15) is 0 Å². The predicted octanol–water partition coefficient (Wildman–Crippen LogP) is 2.90. The molecule has 3 heteroatoms. The number of hydrogen-bond acceptors (Lipinski definition) is 3. The van der Waals surface area contributed by atoms with Crippen LogP contribution in [0.25, 0.3) is 0 Å². The maximum absolute atomic E-state index is 5.93. The minimum absolute atomic E-state index is 0.000918. The molecule has 3 nitrogen and oxygen atoms in total. The number of ether oxygens (including phenoxy) is 1. The third-order valence-corrected chi connectivity index (χ3v) is 3.74. The summed E-state index contributed by atoms with van der Waals surface area (Å²) in [7, 11) is 0. The van der Waals surface area contributed by atoms with Gasteiger partial charge in [-0.25, -0.2) is 0 Å². The summed E-state index contributed by atoms with van der Waals surface area (Å²) in [6.07, 6.45) is 2.94. The Bertz CT molecular complexity index is 253. The average molecular weight is 270 g/mol. The summed E-state index contributed by atoms with van der Waals surface area (Å²) in [6, 6.07) is 0.633. The monoisotopic (exact) mass is 270 g/mol. The van der Waals surface area contributed by atoms with Crippen molar-refractivity contribution in [2.45, 2.75) is 72.1 Å². The molecular formula is C16H34N2O. The van der Waals surface area contributed by atoms with Crippen molar-refractivity contribution in [2.24, 2.45) is 5.92 Å². The Morgan fingerprint density at radius 1 is 1.26 bits per heavy atom. The van der Waals surface area contributed by atoms with E-state index in [1.807, 2.05) is 0 Å². The summed E-state index contributed by atoms with van der Waals surface area (Å²) in [5.41, 5.74) is 0.000918. The fourth-order valence-electron chi connectivity index (χ4n) is 2.91. The minimum atomic E-state index is 0.000918. The molecule has 0 amide bonds. The molecule has 1 aliphatic heterocycles. The largest absolute Gasteiger partial charge is 0.370 e. The molecule has 0 saturated carbocycles. The van der Waals surface area contributed by atoms with Gasteiger partial charge in [0.25, 0.3) is 0 Å². The van der Waals surface area contributed by atoms with E-state index >= 15 is 0 Å². The SMILES string of the molecule is CC(C)CCC(C)NCCN1CC(C)OC(C)(C)C1. The molecule has 2 atom stereocenters. The molecule has 0 aromatic heterocycles. The maximum Gasteiger partial charge on any atom is 0.0757 e. The summed E-state index contributed by atoms with van der Waals surface area (Å²) in [4.78, 5) is 2.52. The van der Waals surface area contributed by atoms with Crippen LogP contribution in [0.4, 0.5) is 0 Å². The summed E-state index contributed by atoms with van der Waals surface area (Å²) in [5.74, 6) is 0.810. The lowest BCUT2D eigenvalue weighted by molar-refractivity contribution is -0.128. The average Bonchev–Trinajstić information content (AvgIpc) is 2.23. The van der Waals surface area contributed by atoms with Crippen LogP contribution in [0.15, 0.2) is 0 Å². The Labute approximate surface area is 120 Å². The Morgan fingerprint density at radius 2 is 1.95 bits per heavy atom. The van der Waals surface area contributed by atoms with Gasteiger partial charge in [0, 0.05) is 32.2 Å². The van der Waals surface area contributed by atoms with Crippen molar-refractivity contribution in [3.05, 3.63) is 0 Å². The summed E-state index contributed by atoms with van der Waals surface area (Å²) < 4.78 is 5.93. The standard InChI is InChI=1S/C16H34N2O/c1-13(2)7-8-14(3)17-9-10-18-11-15(4)19-16(5,6)12-18/h13-15,17H,7-12H2,1-6H3. The second-order valence-corrected chi connectivity index (χ2v) is 7.25. The molecule has 0 spiro atoms. The van der Waals surface area contributed by atoms with Gasteiger partial charge in [-0.15, -0.1) is 0 Å². The normalized spacial score (nSPS) is 25.7. The van der Waals surface area contributed by atoms with Crippen LogP contribution in [0.1, 0.15) is 54.4 Å². The fourth-order valence-corrected chi connectivity index (χ4v) is 2.91. The van der Waals surface area contributed by atoms with Crippen molar-refractivity contribution in [2.75, 3.05) is 26.2 Å². The number of nitrogens with one attached hydrogen (secondary N) is 1. The third-order valence-electron chi connectivity index (χ3n) is 3.74. The first kappa shape index (κ1) is 16.9. The predicted molar refractivity (Wildman–Crippen MR) is 82.6 cm³/mol. The lowest BCUT2D eigenvalue weighted by atomic mass is 10.0. The number of morpholine rings is 1. The van der Waals surface area contributed by atoms with E-state index in [2.05, 4.69) is 51.8 Å². The molecule has 1 fully saturated rings. The second-order valence-electron chi connectivity index (χ2n) is 7.25. The van der Waals surface area contributed by atoms with E-state index in [1.165, 1.54) is 12.8 Å². The molecule has 1 N–H and O–H groups in total. The molecule has 0 aromatic carbocycles. The summed E-state index contributed by atoms with van der Waals surface area (Å²) in [5, 5.41) is 3.64. The quantitative estimate of drug-likeness (QED) is 0.770. The molecule has 1 aliphatic rings. The molecule has 1 heterocycles. The highest BCUT2D eigenvalue weighted by molar-refractivity contribution is 4.82. The van der Waals surface area contributed by atoms with E-state index in [-0.39, 0.29) is 5.60 Å². The van der Waals surface area contributed by atoms with Gasteiger partial charge >= 0.3 is 0 Å². The molecule has 1 saturated heterocycles. The van der Waals surface area contributed by atoms with Crippen LogP contribution in [0, 0.1) is 5.92 Å². The maximum atomic E-state index is 5.93. The lowest BCUT2D eigenvalue weighted by Crippen LogP contribution is -2.53.